The average Bonchev–Trinajstić information content (AvgIpc) is 2.45. The molecule has 0 unspecified atom stereocenters. The summed E-state index contributed by atoms with van der Waals surface area (Å²) in [6, 6.07) is 7.54. The first-order valence-electron chi connectivity index (χ1n) is 6.06. The summed E-state index contributed by atoms with van der Waals surface area (Å²) in [6.07, 6.45) is 0. The van der Waals surface area contributed by atoms with Crippen LogP contribution >= 0.6 is 23.2 Å². The van der Waals surface area contributed by atoms with Crippen LogP contribution in [-0.4, -0.2) is 9.97 Å². The predicted molar refractivity (Wildman–Crippen MR) is 79.6 cm³/mol. The second-order valence-electron chi connectivity index (χ2n) is 4.53. The monoisotopic (exact) mass is 324 g/mol. The molecule has 0 aliphatic heterocycles. The van der Waals surface area contributed by atoms with Crippen LogP contribution in [0.25, 0.3) is 22.3 Å². The van der Waals surface area contributed by atoms with Crippen molar-refractivity contribution >= 4 is 34.1 Å². The summed E-state index contributed by atoms with van der Waals surface area (Å²) in [5.41, 5.74) is 0.346. The van der Waals surface area contributed by atoms with Gasteiger partial charge in [0.1, 0.15) is 16.8 Å². The first-order valence-corrected chi connectivity index (χ1v) is 6.81. The van der Waals surface area contributed by atoms with Crippen molar-refractivity contribution in [2.75, 3.05) is 0 Å². The van der Waals surface area contributed by atoms with Gasteiger partial charge in [0.15, 0.2) is 5.82 Å². The number of nitrogens with zero attached hydrogens (tertiary/aromatic N) is 2. The van der Waals surface area contributed by atoms with Crippen molar-refractivity contribution in [3.63, 3.8) is 0 Å². The molecule has 2 nitrogen and oxygen atoms in total. The number of hydrogen-bond donors (Lipinski definition) is 0. The van der Waals surface area contributed by atoms with Crippen LogP contribution < -0.4 is 0 Å². The third kappa shape index (κ3) is 2.34. The van der Waals surface area contributed by atoms with Crippen molar-refractivity contribution in [1.29, 1.82) is 0 Å². The van der Waals surface area contributed by atoms with Crippen LogP contribution in [0, 0.1) is 18.6 Å². The van der Waals surface area contributed by atoms with Crippen LogP contribution in [0.3, 0.4) is 0 Å². The first kappa shape index (κ1) is 14.2. The molecule has 6 heteroatoms. The fraction of sp³-hybridized carbons (Fsp3) is 0.0667. The van der Waals surface area contributed by atoms with E-state index in [1.165, 1.54) is 19.1 Å². The van der Waals surface area contributed by atoms with Gasteiger partial charge in [0.2, 0.25) is 0 Å². The minimum atomic E-state index is -0.749. The molecule has 0 amide bonds. The Morgan fingerprint density at radius 2 is 1.76 bits per heavy atom. The highest BCUT2D eigenvalue weighted by Gasteiger charge is 2.18. The van der Waals surface area contributed by atoms with E-state index in [2.05, 4.69) is 9.97 Å². The maximum atomic E-state index is 14.2. The Labute approximate surface area is 129 Å². The lowest BCUT2D eigenvalue weighted by atomic mass is 10.1. The van der Waals surface area contributed by atoms with Crippen molar-refractivity contribution in [1.82, 2.24) is 9.97 Å². The van der Waals surface area contributed by atoms with Gasteiger partial charge in [-0.25, -0.2) is 18.7 Å². The fourth-order valence-electron chi connectivity index (χ4n) is 2.05. The van der Waals surface area contributed by atoms with Gasteiger partial charge in [0, 0.05) is 5.39 Å². The van der Waals surface area contributed by atoms with Gasteiger partial charge in [-0.1, -0.05) is 35.3 Å². The molecule has 2 aromatic carbocycles. The third-order valence-corrected chi connectivity index (χ3v) is 3.73. The molecule has 106 valence electrons. The highest BCUT2D eigenvalue weighted by molar-refractivity contribution is 6.38. The normalized spacial score (nSPS) is 11.1. The summed E-state index contributed by atoms with van der Waals surface area (Å²) in [7, 11) is 0. The topological polar surface area (TPSA) is 25.8 Å². The Balaban J connectivity index is 2.37. The zero-order valence-corrected chi connectivity index (χ0v) is 12.3. The first-order chi connectivity index (χ1) is 9.99. The van der Waals surface area contributed by atoms with E-state index in [0.29, 0.717) is 21.5 Å². The molecule has 0 saturated carbocycles. The van der Waals surface area contributed by atoms with E-state index in [1.807, 2.05) is 0 Å². The second-order valence-corrected chi connectivity index (χ2v) is 5.29. The average molecular weight is 325 g/mol. The third-order valence-electron chi connectivity index (χ3n) is 3.14. The lowest BCUT2D eigenvalue weighted by molar-refractivity contribution is 0.582. The summed E-state index contributed by atoms with van der Waals surface area (Å²) in [5.74, 6) is -1.59. The Hall–Kier alpha value is -1.78. The smallest absolute Gasteiger partial charge is 0.167 e. The van der Waals surface area contributed by atoms with E-state index in [-0.39, 0.29) is 16.5 Å². The Bertz CT molecular complexity index is 866. The number of halogens is 4. The Morgan fingerprint density at radius 3 is 2.52 bits per heavy atom. The summed E-state index contributed by atoms with van der Waals surface area (Å²) >= 11 is 12.1. The molecule has 0 spiro atoms. The molecular formula is C15H8Cl2F2N2. The zero-order chi connectivity index (χ0) is 15.1. The number of hydrogen-bond acceptors (Lipinski definition) is 2. The van der Waals surface area contributed by atoms with Gasteiger partial charge in [-0.3, -0.25) is 0 Å². The molecule has 3 aromatic rings. The zero-order valence-electron chi connectivity index (χ0n) is 10.8. The maximum Gasteiger partial charge on any atom is 0.167 e. The highest BCUT2D eigenvalue weighted by Crippen LogP contribution is 2.31. The standard InChI is InChI=1S/C15H8Cl2F2N2/c1-7-5-6-10(18)11(12(7)19)15-20-13-8(14(17)21-15)3-2-4-9(13)16/h2-6H,1H3. The van der Waals surface area contributed by atoms with Crippen molar-refractivity contribution in [2.45, 2.75) is 6.92 Å². The van der Waals surface area contributed by atoms with Gasteiger partial charge in [0.25, 0.3) is 0 Å². The minimum Gasteiger partial charge on any atom is -0.226 e. The van der Waals surface area contributed by atoms with E-state index >= 15 is 0 Å². The van der Waals surface area contributed by atoms with Crippen LogP contribution in [0.2, 0.25) is 10.2 Å². The molecule has 0 atom stereocenters. The van der Waals surface area contributed by atoms with Crippen molar-refractivity contribution in [2.24, 2.45) is 0 Å². The van der Waals surface area contributed by atoms with E-state index < -0.39 is 11.6 Å². The SMILES string of the molecule is Cc1ccc(F)c(-c2nc(Cl)c3cccc(Cl)c3n2)c1F. The van der Waals surface area contributed by atoms with Crippen LogP contribution in [0.5, 0.6) is 0 Å². The summed E-state index contributed by atoms with van der Waals surface area (Å²) < 4.78 is 28.1. The van der Waals surface area contributed by atoms with Crippen molar-refractivity contribution in [3.05, 3.63) is 57.7 Å². The molecule has 1 heterocycles. The van der Waals surface area contributed by atoms with Crippen LogP contribution in [0.15, 0.2) is 30.3 Å². The molecule has 0 aliphatic rings. The van der Waals surface area contributed by atoms with Crippen LogP contribution in [0.4, 0.5) is 8.78 Å². The number of rotatable bonds is 1. The number of aryl methyl sites for hydroxylation is 1. The Kier molecular flexibility index (Phi) is 3.51. The van der Waals surface area contributed by atoms with Gasteiger partial charge >= 0.3 is 0 Å². The molecule has 0 saturated heterocycles. The number of benzene rings is 2. The molecule has 0 bridgehead atoms. The lowest BCUT2D eigenvalue weighted by Crippen LogP contribution is -1.99. The highest BCUT2D eigenvalue weighted by atomic mass is 35.5. The van der Waals surface area contributed by atoms with Gasteiger partial charge in [0.05, 0.1) is 16.1 Å². The quantitative estimate of drug-likeness (QED) is 0.575. The van der Waals surface area contributed by atoms with E-state index in [9.17, 15) is 8.78 Å². The molecule has 0 fully saturated rings. The van der Waals surface area contributed by atoms with E-state index in [0.717, 1.165) is 0 Å². The van der Waals surface area contributed by atoms with Gasteiger partial charge < -0.3 is 0 Å². The van der Waals surface area contributed by atoms with Gasteiger partial charge in [-0.2, -0.15) is 0 Å². The maximum absolute atomic E-state index is 14.2. The Morgan fingerprint density at radius 1 is 1.00 bits per heavy atom. The summed E-state index contributed by atoms with van der Waals surface area (Å²) in [5, 5.41) is 0.964. The molecule has 0 radical (unpaired) electrons. The summed E-state index contributed by atoms with van der Waals surface area (Å²) in [6.45, 7) is 1.54. The molecule has 21 heavy (non-hydrogen) atoms. The van der Waals surface area contributed by atoms with Crippen molar-refractivity contribution in [3.8, 4) is 11.4 Å². The molecular weight excluding hydrogens is 317 g/mol. The summed E-state index contributed by atoms with van der Waals surface area (Å²) in [4.78, 5) is 8.15. The van der Waals surface area contributed by atoms with Crippen LogP contribution in [0.1, 0.15) is 5.56 Å². The van der Waals surface area contributed by atoms with Crippen LogP contribution in [-0.2, 0) is 0 Å². The largest absolute Gasteiger partial charge is 0.226 e. The molecule has 0 aliphatic carbocycles. The van der Waals surface area contributed by atoms with Crippen molar-refractivity contribution < 1.29 is 8.78 Å². The minimum absolute atomic E-state index is 0.0952. The van der Waals surface area contributed by atoms with E-state index in [4.69, 9.17) is 23.2 Å². The predicted octanol–water partition coefficient (Wildman–Crippen LogP) is 5.19. The number of aromatic nitrogens is 2. The lowest BCUT2D eigenvalue weighted by Gasteiger charge is -2.09. The number of fused-ring (bicyclic) bond motifs is 1. The van der Waals surface area contributed by atoms with Gasteiger partial charge in [-0.05, 0) is 30.7 Å². The van der Waals surface area contributed by atoms with Gasteiger partial charge in [-0.15, -0.1) is 0 Å². The van der Waals surface area contributed by atoms with E-state index in [1.54, 1.807) is 18.2 Å². The number of para-hydroxylation sites is 1. The molecule has 0 N–H and O–H groups in total. The molecule has 1 aromatic heterocycles. The molecule has 3 rings (SSSR count). The fourth-order valence-corrected chi connectivity index (χ4v) is 2.50. The second kappa shape index (κ2) is 5.20.